The number of hydrogen-bond donors (Lipinski definition) is 0. The van der Waals surface area contributed by atoms with E-state index in [4.69, 9.17) is 9.47 Å². The zero-order chi connectivity index (χ0) is 18.5. The Balaban J connectivity index is 1.43. The van der Waals surface area contributed by atoms with Crippen LogP contribution in [0.1, 0.15) is 22.0 Å². The van der Waals surface area contributed by atoms with Crippen molar-refractivity contribution in [1.82, 2.24) is 4.90 Å². The molecule has 1 fully saturated rings. The largest absolute Gasteiger partial charge is 0.457 e. The van der Waals surface area contributed by atoms with Crippen molar-refractivity contribution in [2.75, 3.05) is 19.7 Å². The summed E-state index contributed by atoms with van der Waals surface area (Å²) in [6.45, 7) is 1.70. The van der Waals surface area contributed by atoms with Crippen molar-refractivity contribution in [2.24, 2.45) is 0 Å². The number of carbonyl (C=O) groups is 1. The molecular formula is C23H21NO3. The SMILES string of the molecule is O=C(c1ccc(Oc2ccccc2)cc1)N1CCOC(c2ccccc2)C1. The molecule has 4 rings (SSSR count). The van der Waals surface area contributed by atoms with E-state index in [1.807, 2.05) is 89.8 Å². The monoisotopic (exact) mass is 359 g/mol. The van der Waals surface area contributed by atoms with E-state index in [1.165, 1.54) is 0 Å². The van der Waals surface area contributed by atoms with Crippen molar-refractivity contribution < 1.29 is 14.3 Å². The molecule has 136 valence electrons. The van der Waals surface area contributed by atoms with Gasteiger partial charge in [-0.25, -0.2) is 0 Å². The molecule has 27 heavy (non-hydrogen) atoms. The molecule has 0 aromatic heterocycles. The maximum atomic E-state index is 12.9. The summed E-state index contributed by atoms with van der Waals surface area (Å²) in [5.74, 6) is 1.50. The zero-order valence-electron chi connectivity index (χ0n) is 15.0. The lowest BCUT2D eigenvalue weighted by Gasteiger charge is -2.33. The Morgan fingerprint density at radius 2 is 1.48 bits per heavy atom. The summed E-state index contributed by atoms with van der Waals surface area (Å²) < 4.78 is 11.6. The number of rotatable bonds is 4. The normalized spacial score (nSPS) is 16.7. The van der Waals surface area contributed by atoms with Crippen molar-refractivity contribution in [3.63, 3.8) is 0 Å². The van der Waals surface area contributed by atoms with Gasteiger partial charge in [0.25, 0.3) is 5.91 Å². The second kappa shape index (κ2) is 8.06. The maximum Gasteiger partial charge on any atom is 0.254 e. The number of ether oxygens (including phenoxy) is 2. The van der Waals surface area contributed by atoms with E-state index < -0.39 is 0 Å². The lowest BCUT2D eigenvalue weighted by molar-refractivity contribution is -0.0228. The molecule has 0 radical (unpaired) electrons. The average molecular weight is 359 g/mol. The van der Waals surface area contributed by atoms with Gasteiger partial charge in [0.05, 0.1) is 13.2 Å². The summed E-state index contributed by atoms with van der Waals surface area (Å²) in [5.41, 5.74) is 1.76. The number of amides is 1. The van der Waals surface area contributed by atoms with Gasteiger partial charge in [0.15, 0.2) is 0 Å². The highest BCUT2D eigenvalue weighted by atomic mass is 16.5. The van der Waals surface area contributed by atoms with Crippen LogP contribution in [-0.4, -0.2) is 30.5 Å². The Morgan fingerprint density at radius 1 is 0.852 bits per heavy atom. The number of benzene rings is 3. The highest BCUT2D eigenvalue weighted by Crippen LogP contribution is 2.25. The third-order valence-electron chi connectivity index (χ3n) is 4.61. The number of carbonyl (C=O) groups excluding carboxylic acids is 1. The molecule has 0 N–H and O–H groups in total. The molecule has 1 aliphatic heterocycles. The molecule has 3 aromatic carbocycles. The number of nitrogens with zero attached hydrogens (tertiary/aromatic N) is 1. The fourth-order valence-electron chi connectivity index (χ4n) is 3.18. The summed E-state index contributed by atoms with van der Waals surface area (Å²) in [5, 5.41) is 0. The van der Waals surface area contributed by atoms with Crippen LogP contribution in [0.4, 0.5) is 0 Å². The zero-order valence-corrected chi connectivity index (χ0v) is 15.0. The van der Waals surface area contributed by atoms with Gasteiger partial charge in [-0.1, -0.05) is 48.5 Å². The number of morpholine rings is 1. The van der Waals surface area contributed by atoms with Crippen molar-refractivity contribution in [3.8, 4) is 11.5 Å². The molecule has 0 saturated carbocycles. The molecule has 1 atom stereocenters. The highest BCUT2D eigenvalue weighted by molar-refractivity contribution is 5.94. The maximum absolute atomic E-state index is 12.9. The Hall–Kier alpha value is -3.11. The molecule has 1 heterocycles. The van der Waals surface area contributed by atoms with Gasteiger partial charge in [-0.3, -0.25) is 4.79 Å². The average Bonchev–Trinajstić information content (AvgIpc) is 2.75. The molecular weight excluding hydrogens is 338 g/mol. The molecule has 4 nitrogen and oxygen atoms in total. The summed E-state index contributed by atoms with van der Waals surface area (Å²) in [6.07, 6.45) is -0.0791. The summed E-state index contributed by atoms with van der Waals surface area (Å²) in [6, 6.07) is 26.9. The van der Waals surface area contributed by atoms with Crippen molar-refractivity contribution in [2.45, 2.75) is 6.10 Å². The molecule has 1 amide bonds. The first-order valence-corrected chi connectivity index (χ1v) is 9.08. The minimum absolute atomic E-state index is 0.0190. The predicted octanol–water partition coefficient (Wildman–Crippen LogP) is 4.69. The van der Waals surface area contributed by atoms with E-state index in [0.29, 0.717) is 31.0 Å². The molecule has 1 aliphatic rings. The van der Waals surface area contributed by atoms with Crippen molar-refractivity contribution in [1.29, 1.82) is 0 Å². The molecule has 1 saturated heterocycles. The Morgan fingerprint density at radius 3 is 2.19 bits per heavy atom. The van der Waals surface area contributed by atoms with Crippen LogP contribution in [0.2, 0.25) is 0 Å². The van der Waals surface area contributed by atoms with Crippen LogP contribution in [0.15, 0.2) is 84.9 Å². The second-order valence-electron chi connectivity index (χ2n) is 6.46. The first-order valence-electron chi connectivity index (χ1n) is 9.08. The minimum Gasteiger partial charge on any atom is -0.457 e. The van der Waals surface area contributed by atoms with Crippen LogP contribution in [0.3, 0.4) is 0 Å². The first kappa shape index (κ1) is 17.3. The fraction of sp³-hybridized carbons (Fsp3) is 0.174. The van der Waals surface area contributed by atoms with Gasteiger partial charge < -0.3 is 14.4 Å². The van der Waals surface area contributed by atoms with Crippen molar-refractivity contribution in [3.05, 3.63) is 96.1 Å². The van der Waals surface area contributed by atoms with E-state index >= 15 is 0 Å². The van der Waals surface area contributed by atoms with E-state index in [1.54, 1.807) is 0 Å². The van der Waals surface area contributed by atoms with Gasteiger partial charge in [0.2, 0.25) is 0 Å². The molecule has 0 spiro atoms. The summed E-state index contributed by atoms with van der Waals surface area (Å²) >= 11 is 0. The van der Waals surface area contributed by atoms with Crippen LogP contribution < -0.4 is 4.74 Å². The topological polar surface area (TPSA) is 38.8 Å². The van der Waals surface area contributed by atoms with E-state index in [-0.39, 0.29) is 12.0 Å². The molecule has 0 bridgehead atoms. The van der Waals surface area contributed by atoms with Gasteiger partial charge in [-0.15, -0.1) is 0 Å². The molecule has 1 unspecified atom stereocenters. The van der Waals surface area contributed by atoms with Gasteiger partial charge in [-0.2, -0.15) is 0 Å². The van der Waals surface area contributed by atoms with Crippen LogP contribution in [0.25, 0.3) is 0 Å². The molecule has 3 aromatic rings. The first-order chi connectivity index (χ1) is 13.3. The van der Waals surface area contributed by atoms with Gasteiger partial charge in [-0.05, 0) is 42.0 Å². The standard InChI is InChI=1S/C23H21NO3/c25-23(24-15-16-26-22(17-24)18-7-3-1-4-8-18)19-11-13-21(14-12-19)27-20-9-5-2-6-10-20/h1-14,22H,15-17H2. The second-order valence-corrected chi connectivity index (χ2v) is 6.46. The third kappa shape index (κ3) is 4.18. The van der Waals surface area contributed by atoms with Crippen LogP contribution in [0, 0.1) is 0 Å². The third-order valence-corrected chi connectivity index (χ3v) is 4.61. The fourth-order valence-corrected chi connectivity index (χ4v) is 3.18. The Labute approximate surface area is 159 Å². The van der Waals surface area contributed by atoms with E-state index in [9.17, 15) is 4.79 Å². The number of para-hydroxylation sites is 1. The quantitative estimate of drug-likeness (QED) is 0.678. The lowest BCUT2D eigenvalue weighted by Crippen LogP contribution is -2.42. The van der Waals surface area contributed by atoms with Gasteiger partial charge in [0, 0.05) is 12.1 Å². The predicted molar refractivity (Wildman–Crippen MR) is 104 cm³/mol. The Kier molecular flexibility index (Phi) is 5.17. The molecule has 0 aliphatic carbocycles. The van der Waals surface area contributed by atoms with Crippen molar-refractivity contribution >= 4 is 5.91 Å². The summed E-state index contributed by atoms with van der Waals surface area (Å²) in [7, 11) is 0. The molecule has 4 heteroatoms. The van der Waals surface area contributed by atoms with E-state index in [0.717, 1.165) is 11.3 Å². The van der Waals surface area contributed by atoms with E-state index in [2.05, 4.69) is 0 Å². The van der Waals surface area contributed by atoms with Gasteiger partial charge in [0.1, 0.15) is 17.6 Å². The van der Waals surface area contributed by atoms with Crippen LogP contribution >= 0.6 is 0 Å². The Bertz CT molecular complexity index is 879. The van der Waals surface area contributed by atoms with Gasteiger partial charge >= 0.3 is 0 Å². The van der Waals surface area contributed by atoms with Crippen LogP contribution in [-0.2, 0) is 4.74 Å². The minimum atomic E-state index is -0.0791. The number of hydrogen-bond acceptors (Lipinski definition) is 3. The highest BCUT2D eigenvalue weighted by Gasteiger charge is 2.26. The summed E-state index contributed by atoms with van der Waals surface area (Å²) in [4.78, 5) is 14.7. The smallest absolute Gasteiger partial charge is 0.254 e. The van der Waals surface area contributed by atoms with Crippen LogP contribution in [0.5, 0.6) is 11.5 Å². The lowest BCUT2D eigenvalue weighted by atomic mass is 10.1.